The fraction of sp³-hybridized carbons (Fsp3) is 0. The fourth-order valence-electron chi connectivity index (χ4n) is 2.37. The van der Waals surface area contributed by atoms with Gasteiger partial charge in [0.15, 0.2) is 0 Å². The number of nitrogen functional groups attached to an aromatic ring is 1. The van der Waals surface area contributed by atoms with Crippen LogP contribution in [0.5, 0.6) is 0 Å². The molecule has 3 aromatic rings. The van der Waals surface area contributed by atoms with E-state index < -0.39 is 0 Å². The van der Waals surface area contributed by atoms with E-state index in [1.165, 1.54) is 16.7 Å². The molecule has 1 nitrogen and oxygen atoms in total. The SMILES string of the molecule is Nc1cccc(/C(=C/c2ccccc2)c2ccccc2)c1. The molecular formula is C20H17N. The van der Waals surface area contributed by atoms with Gasteiger partial charge < -0.3 is 5.73 Å². The van der Waals surface area contributed by atoms with E-state index in [0.29, 0.717) is 0 Å². The molecule has 0 bridgehead atoms. The average molecular weight is 271 g/mol. The predicted molar refractivity (Wildman–Crippen MR) is 90.7 cm³/mol. The molecular weight excluding hydrogens is 254 g/mol. The molecule has 102 valence electrons. The van der Waals surface area contributed by atoms with Crippen LogP contribution in [0.3, 0.4) is 0 Å². The summed E-state index contributed by atoms with van der Waals surface area (Å²) in [6.07, 6.45) is 2.20. The first kappa shape index (κ1) is 13.2. The maximum Gasteiger partial charge on any atom is 0.0320 e. The van der Waals surface area contributed by atoms with E-state index in [1.807, 2.05) is 42.5 Å². The molecule has 0 saturated heterocycles. The zero-order valence-corrected chi connectivity index (χ0v) is 11.7. The van der Waals surface area contributed by atoms with Crippen molar-refractivity contribution in [3.8, 4) is 0 Å². The average Bonchev–Trinajstić information content (AvgIpc) is 2.54. The lowest BCUT2D eigenvalue weighted by Gasteiger charge is -2.10. The van der Waals surface area contributed by atoms with Crippen LogP contribution in [0.25, 0.3) is 11.6 Å². The molecule has 0 spiro atoms. The molecule has 0 heterocycles. The van der Waals surface area contributed by atoms with Crippen molar-refractivity contribution in [1.82, 2.24) is 0 Å². The number of rotatable bonds is 3. The van der Waals surface area contributed by atoms with Crippen LogP contribution in [0, 0.1) is 0 Å². The fourth-order valence-corrected chi connectivity index (χ4v) is 2.37. The highest BCUT2D eigenvalue weighted by molar-refractivity contribution is 5.91. The maximum atomic E-state index is 5.94. The molecule has 3 rings (SSSR count). The highest BCUT2D eigenvalue weighted by Gasteiger charge is 2.05. The van der Waals surface area contributed by atoms with Crippen LogP contribution in [-0.2, 0) is 0 Å². The number of nitrogens with two attached hydrogens (primary N) is 1. The quantitative estimate of drug-likeness (QED) is 0.534. The van der Waals surface area contributed by atoms with Crippen molar-refractivity contribution in [2.75, 3.05) is 5.73 Å². The first-order chi connectivity index (χ1) is 10.3. The molecule has 3 aromatic carbocycles. The van der Waals surface area contributed by atoms with Gasteiger partial charge in [-0.05, 0) is 40.5 Å². The number of hydrogen-bond donors (Lipinski definition) is 1. The molecule has 21 heavy (non-hydrogen) atoms. The van der Waals surface area contributed by atoms with E-state index in [0.717, 1.165) is 11.3 Å². The first-order valence-electron chi connectivity index (χ1n) is 7.01. The summed E-state index contributed by atoms with van der Waals surface area (Å²) in [6, 6.07) is 28.7. The van der Waals surface area contributed by atoms with E-state index in [2.05, 4.69) is 48.5 Å². The smallest absolute Gasteiger partial charge is 0.0320 e. The van der Waals surface area contributed by atoms with E-state index >= 15 is 0 Å². The Balaban J connectivity index is 2.14. The van der Waals surface area contributed by atoms with E-state index in [-0.39, 0.29) is 0 Å². The summed E-state index contributed by atoms with van der Waals surface area (Å²) < 4.78 is 0. The second-order valence-corrected chi connectivity index (χ2v) is 4.96. The predicted octanol–water partition coefficient (Wildman–Crippen LogP) is 4.86. The molecule has 0 aliphatic heterocycles. The summed E-state index contributed by atoms with van der Waals surface area (Å²) in [5.41, 5.74) is 11.4. The van der Waals surface area contributed by atoms with Crippen LogP contribution in [0.4, 0.5) is 5.69 Å². The number of anilines is 1. The van der Waals surface area contributed by atoms with Gasteiger partial charge in [-0.15, -0.1) is 0 Å². The van der Waals surface area contributed by atoms with Gasteiger partial charge in [0, 0.05) is 5.69 Å². The summed E-state index contributed by atoms with van der Waals surface area (Å²) in [6.45, 7) is 0. The Morgan fingerprint density at radius 3 is 1.95 bits per heavy atom. The van der Waals surface area contributed by atoms with Gasteiger partial charge >= 0.3 is 0 Å². The third-order valence-electron chi connectivity index (χ3n) is 3.39. The van der Waals surface area contributed by atoms with Gasteiger partial charge in [-0.25, -0.2) is 0 Å². The highest BCUT2D eigenvalue weighted by Crippen LogP contribution is 2.27. The Kier molecular flexibility index (Phi) is 3.83. The normalized spacial score (nSPS) is 11.3. The van der Waals surface area contributed by atoms with E-state index in [4.69, 9.17) is 5.73 Å². The minimum Gasteiger partial charge on any atom is -0.399 e. The lowest BCUT2D eigenvalue weighted by atomic mass is 9.95. The van der Waals surface area contributed by atoms with Crippen LogP contribution >= 0.6 is 0 Å². The zero-order chi connectivity index (χ0) is 14.5. The van der Waals surface area contributed by atoms with Gasteiger partial charge in [0.05, 0.1) is 0 Å². The summed E-state index contributed by atoms with van der Waals surface area (Å²) in [4.78, 5) is 0. The van der Waals surface area contributed by atoms with Gasteiger partial charge in [0.25, 0.3) is 0 Å². The van der Waals surface area contributed by atoms with Gasteiger partial charge in [0.2, 0.25) is 0 Å². The van der Waals surface area contributed by atoms with Gasteiger partial charge in [-0.2, -0.15) is 0 Å². The molecule has 0 aliphatic carbocycles. The Hall–Kier alpha value is -2.80. The first-order valence-corrected chi connectivity index (χ1v) is 7.01. The van der Waals surface area contributed by atoms with Crippen molar-refractivity contribution < 1.29 is 0 Å². The van der Waals surface area contributed by atoms with Crippen LogP contribution in [0.2, 0.25) is 0 Å². The standard InChI is InChI=1S/C20H17N/c21-19-13-7-12-18(15-19)20(17-10-5-2-6-11-17)14-16-8-3-1-4-9-16/h1-15H,21H2/b20-14+. The van der Waals surface area contributed by atoms with Crippen molar-refractivity contribution in [2.45, 2.75) is 0 Å². The molecule has 0 fully saturated rings. The molecule has 0 unspecified atom stereocenters. The highest BCUT2D eigenvalue weighted by atomic mass is 14.5. The number of hydrogen-bond acceptors (Lipinski definition) is 1. The lowest BCUT2D eigenvalue weighted by Crippen LogP contribution is -1.91. The van der Waals surface area contributed by atoms with Crippen molar-refractivity contribution in [3.63, 3.8) is 0 Å². The minimum absolute atomic E-state index is 0.780. The Morgan fingerprint density at radius 1 is 0.667 bits per heavy atom. The summed E-state index contributed by atoms with van der Waals surface area (Å²) >= 11 is 0. The van der Waals surface area contributed by atoms with Crippen molar-refractivity contribution in [3.05, 3.63) is 102 Å². The molecule has 1 heteroatoms. The monoisotopic (exact) mass is 271 g/mol. The maximum absolute atomic E-state index is 5.94. The lowest BCUT2D eigenvalue weighted by molar-refractivity contribution is 1.55. The Bertz CT molecular complexity index is 743. The zero-order valence-electron chi connectivity index (χ0n) is 11.7. The van der Waals surface area contributed by atoms with Crippen molar-refractivity contribution in [2.24, 2.45) is 0 Å². The largest absolute Gasteiger partial charge is 0.399 e. The van der Waals surface area contributed by atoms with Crippen LogP contribution < -0.4 is 5.73 Å². The van der Waals surface area contributed by atoms with E-state index in [9.17, 15) is 0 Å². The topological polar surface area (TPSA) is 26.0 Å². The second-order valence-electron chi connectivity index (χ2n) is 4.96. The Labute approximate surface area is 125 Å². The summed E-state index contributed by atoms with van der Waals surface area (Å²) in [5.74, 6) is 0. The van der Waals surface area contributed by atoms with Crippen LogP contribution in [-0.4, -0.2) is 0 Å². The van der Waals surface area contributed by atoms with E-state index in [1.54, 1.807) is 0 Å². The second kappa shape index (κ2) is 6.10. The van der Waals surface area contributed by atoms with Gasteiger partial charge in [-0.3, -0.25) is 0 Å². The third kappa shape index (κ3) is 3.21. The molecule has 0 radical (unpaired) electrons. The van der Waals surface area contributed by atoms with Crippen molar-refractivity contribution >= 4 is 17.3 Å². The molecule has 0 amide bonds. The van der Waals surface area contributed by atoms with Gasteiger partial charge in [-0.1, -0.05) is 72.8 Å². The van der Waals surface area contributed by atoms with Crippen molar-refractivity contribution in [1.29, 1.82) is 0 Å². The molecule has 2 N–H and O–H groups in total. The molecule has 0 aliphatic rings. The minimum atomic E-state index is 0.780. The molecule has 0 atom stereocenters. The summed E-state index contributed by atoms with van der Waals surface area (Å²) in [5, 5.41) is 0. The number of benzene rings is 3. The summed E-state index contributed by atoms with van der Waals surface area (Å²) in [7, 11) is 0. The van der Waals surface area contributed by atoms with Gasteiger partial charge in [0.1, 0.15) is 0 Å². The molecule has 0 aromatic heterocycles. The third-order valence-corrected chi connectivity index (χ3v) is 3.39. The molecule has 0 saturated carbocycles. The Morgan fingerprint density at radius 2 is 1.29 bits per heavy atom. The van der Waals surface area contributed by atoms with Crippen LogP contribution in [0.15, 0.2) is 84.9 Å². The van der Waals surface area contributed by atoms with Crippen LogP contribution in [0.1, 0.15) is 16.7 Å².